The van der Waals surface area contributed by atoms with Crippen LogP contribution in [0.5, 0.6) is 0 Å². The number of nitrogens with zero attached hydrogens (tertiary/aromatic N) is 1. The van der Waals surface area contributed by atoms with Gasteiger partial charge in [0.05, 0.1) is 0 Å². The van der Waals surface area contributed by atoms with E-state index in [1.807, 2.05) is 0 Å². The van der Waals surface area contributed by atoms with E-state index >= 15 is 0 Å². The maximum absolute atomic E-state index is 3.70. The fourth-order valence-electron chi connectivity index (χ4n) is 3.76. The molecule has 0 aromatic rings. The van der Waals surface area contributed by atoms with Gasteiger partial charge in [0.25, 0.3) is 0 Å². The van der Waals surface area contributed by atoms with Crippen LogP contribution in [-0.4, -0.2) is 37.6 Å². The molecule has 0 spiro atoms. The van der Waals surface area contributed by atoms with Crippen LogP contribution in [0.1, 0.15) is 64.7 Å². The van der Waals surface area contributed by atoms with E-state index in [9.17, 15) is 0 Å². The summed E-state index contributed by atoms with van der Waals surface area (Å²) in [5.74, 6) is 2.01. The van der Waals surface area contributed by atoms with E-state index in [-0.39, 0.29) is 0 Å². The lowest BCUT2D eigenvalue weighted by molar-refractivity contribution is 0.223. The lowest BCUT2D eigenvalue weighted by Crippen LogP contribution is -2.33. The SMILES string of the molecule is CCC1CCC(CNCCCN2CCCCC2)CC1. The normalized spacial score (nSPS) is 29.5. The Bertz CT molecular complexity index is 215. The molecule has 0 aromatic carbocycles. The van der Waals surface area contributed by atoms with E-state index in [1.54, 1.807) is 0 Å². The molecule has 19 heavy (non-hydrogen) atoms. The first-order valence-electron chi connectivity index (χ1n) is 8.81. The summed E-state index contributed by atoms with van der Waals surface area (Å²) in [5, 5.41) is 3.70. The highest BCUT2D eigenvalue weighted by molar-refractivity contribution is 4.73. The lowest BCUT2D eigenvalue weighted by atomic mass is 9.81. The van der Waals surface area contributed by atoms with Gasteiger partial charge in [-0.05, 0) is 76.7 Å². The third-order valence-corrected chi connectivity index (χ3v) is 5.25. The number of hydrogen-bond acceptors (Lipinski definition) is 2. The molecule has 0 atom stereocenters. The van der Waals surface area contributed by atoms with Crippen LogP contribution >= 0.6 is 0 Å². The minimum Gasteiger partial charge on any atom is -0.316 e. The molecule has 1 N–H and O–H groups in total. The highest BCUT2D eigenvalue weighted by Gasteiger charge is 2.19. The largest absolute Gasteiger partial charge is 0.316 e. The lowest BCUT2D eigenvalue weighted by Gasteiger charge is -2.28. The molecule has 0 amide bonds. The molecule has 2 fully saturated rings. The summed E-state index contributed by atoms with van der Waals surface area (Å²) in [6.45, 7) is 8.86. The summed E-state index contributed by atoms with van der Waals surface area (Å²) < 4.78 is 0. The van der Waals surface area contributed by atoms with E-state index in [2.05, 4.69) is 17.1 Å². The first kappa shape index (κ1) is 15.3. The van der Waals surface area contributed by atoms with Crippen LogP contribution in [-0.2, 0) is 0 Å². The van der Waals surface area contributed by atoms with Gasteiger partial charge >= 0.3 is 0 Å². The van der Waals surface area contributed by atoms with Gasteiger partial charge in [-0.15, -0.1) is 0 Å². The third kappa shape index (κ3) is 5.83. The number of rotatable bonds is 7. The summed E-state index contributed by atoms with van der Waals surface area (Å²) in [4.78, 5) is 2.65. The fraction of sp³-hybridized carbons (Fsp3) is 1.00. The Balaban J connectivity index is 1.43. The molecule has 1 saturated heterocycles. The molecule has 1 saturated carbocycles. The van der Waals surface area contributed by atoms with Crippen LogP contribution in [0.2, 0.25) is 0 Å². The summed E-state index contributed by atoms with van der Waals surface area (Å²) in [7, 11) is 0. The second kappa shape index (κ2) is 8.97. The van der Waals surface area contributed by atoms with E-state index in [4.69, 9.17) is 0 Å². The second-order valence-corrected chi connectivity index (χ2v) is 6.75. The molecule has 2 heteroatoms. The van der Waals surface area contributed by atoms with Gasteiger partial charge < -0.3 is 10.2 Å². The molecule has 0 unspecified atom stereocenters. The van der Waals surface area contributed by atoms with E-state index < -0.39 is 0 Å². The quantitative estimate of drug-likeness (QED) is 0.707. The molecule has 2 nitrogen and oxygen atoms in total. The van der Waals surface area contributed by atoms with Crippen molar-refractivity contribution in [2.45, 2.75) is 64.7 Å². The molecule has 1 aliphatic heterocycles. The van der Waals surface area contributed by atoms with Crippen LogP contribution < -0.4 is 5.32 Å². The number of nitrogens with one attached hydrogen (secondary N) is 1. The molecule has 1 aliphatic carbocycles. The van der Waals surface area contributed by atoms with Crippen molar-refractivity contribution in [3.63, 3.8) is 0 Å². The van der Waals surface area contributed by atoms with Gasteiger partial charge in [-0.3, -0.25) is 0 Å². The van der Waals surface area contributed by atoms with Gasteiger partial charge in [0.2, 0.25) is 0 Å². The van der Waals surface area contributed by atoms with E-state index in [1.165, 1.54) is 90.5 Å². The minimum absolute atomic E-state index is 0.970. The predicted molar refractivity (Wildman–Crippen MR) is 83.5 cm³/mol. The standard InChI is InChI=1S/C17H34N2/c1-2-16-7-9-17(10-8-16)15-18-11-6-14-19-12-4-3-5-13-19/h16-18H,2-15H2,1H3. The maximum Gasteiger partial charge on any atom is -0.000664 e. The maximum atomic E-state index is 3.70. The first-order valence-corrected chi connectivity index (χ1v) is 8.81. The number of hydrogen-bond donors (Lipinski definition) is 1. The van der Waals surface area contributed by atoms with Crippen molar-refractivity contribution in [3.05, 3.63) is 0 Å². The molecular formula is C17H34N2. The molecule has 2 aliphatic rings. The van der Waals surface area contributed by atoms with Gasteiger partial charge in [0.15, 0.2) is 0 Å². The number of likely N-dealkylation sites (tertiary alicyclic amines) is 1. The topological polar surface area (TPSA) is 15.3 Å². The van der Waals surface area contributed by atoms with Gasteiger partial charge in [-0.1, -0.05) is 32.6 Å². The minimum atomic E-state index is 0.970. The Morgan fingerprint density at radius 1 is 0.947 bits per heavy atom. The van der Waals surface area contributed by atoms with Gasteiger partial charge in [0.1, 0.15) is 0 Å². The molecule has 1 heterocycles. The van der Waals surface area contributed by atoms with Crippen molar-refractivity contribution in [2.24, 2.45) is 11.8 Å². The van der Waals surface area contributed by atoms with Crippen molar-refractivity contribution in [3.8, 4) is 0 Å². The van der Waals surface area contributed by atoms with Crippen molar-refractivity contribution < 1.29 is 0 Å². The molecule has 112 valence electrons. The Labute approximate surface area is 120 Å². The summed E-state index contributed by atoms with van der Waals surface area (Å²) >= 11 is 0. The molecule has 2 rings (SSSR count). The Morgan fingerprint density at radius 3 is 2.32 bits per heavy atom. The Hall–Kier alpha value is -0.0800. The molecule has 0 radical (unpaired) electrons. The van der Waals surface area contributed by atoms with Crippen LogP contribution in [0.15, 0.2) is 0 Å². The van der Waals surface area contributed by atoms with Crippen LogP contribution in [0.4, 0.5) is 0 Å². The van der Waals surface area contributed by atoms with Crippen LogP contribution in [0, 0.1) is 11.8 Å². The van der Waals surface area contributed by atoms with Gasteiger partial charge in [-0.25, -0.2) is 0 Å². The highest BCUT2D eigenvalue weighted by Crippen LogP contribution is 2.29. The third-order valence-electron chi connectivity index (χ3n) is 5.25. The van der Waals surface area contributed by atoms with E-state index in [0.717, 1.165) is 11.8 Å². The Kier molecular flexibility index (Phi) is 7.23. The van der Waals surface area contributed by atoms with Crippen molar-refractivity contribution in [2.75, 3.05) is 32.7 Å². The zero-order valence-corrected chi connectivity index (χ0v) is 13.0. The monoisotopic (exact) mass is 266 g/mol. The summed E-state index contributed by atoms with van der Waals surface area (Å²) in [5.41, 5.74) is 0. The molecular weight excluding hydrogens is 232 g/mol. The van der Waals surface area contributed by atoms with E-state index in [0.29, 0.717) is 0 Å². The zero-order chi connectivity index (χ0) is 13.3. The highest BCUT2D eigenvalue weighted by atomic mass is 15.1. The fourth-order valence-corrected chi connectivity index (χ4v) is 3.76. The predicted octanol–water partition coefficient (Wildman–Crippen LogP) is 3.67. The van der Waals surface area contributed by atoms with Crippen LogP contribution in [0.25, 0.3) is 0 Å². The average Bonchev–Trinajstić information content (AvgIpc) is 2.49. The van der Waals surface area contributed by atoms with Gasteiger partial charge in [-0.2, -0.15) is 0 Å². The smallest absolute Gasteiger partial charge is 0.000664 e. The van der Waals surface area contributed by atoms with Crippen molar-refractivity contribution >= 4 is 0 Å². The van der Waals surface area contributed by atoms with Crippen molar-refractivity contribution in [1.82, 2.24) is 10.2 Å². The average molecular weight is 266 g/mol. The Morgan fingerprint density at radius 2 is 1.63 bits per heavy atom. The molecule has 0 aromatic heterocycles. The van der Waals surface area contributed by atoms with Gasteiger partial charge in [0, 0.05) is 0 Å². The van der Waals surface area contributed by atoms with Crippen LogP contribution in [0.3, 0.4) is 0 Å². The second-order valence-electron chi connectivity index (χ2n) is 6.75. The summed E-state index contributed by atoms with van der Waals surface area (Å²) in [6, 6.07) is 0. The first-order chi connectivity index (χ1) is 9.38. The zero-order valence-electron chi connectivity index (χ0n) is 13.0. The number of piperidine rings is 1. The summed E-state index contributed by atoms with van der Waals surface area (Å²) in [6.07, 6.45) is 12.9. The molecule has 0 bridgehead atoms. The van der Waals surface area contributed by atoms with Crippen molar-refractivity contribution in [1.29, 1.82) is 0 Å².